The fourth-order valence-corrected chi connectivity index (χ4v) is 2.48. The van der Waals surface area contributed by atoms with Gasteiger partial charge in [0.05, 0.1) is 25.5 Å². The Morgan fingerprint density at radius 1 is 1.08 bits per heavy atom. The van der Waals surface area contributed by atoms with Crippen LogP contribution in [0.25, 0.3) is 5.65 Å². The molecule has 3 aromatic rings. The number of hydrogen-bond acceptors (Lipinski definition) is 6. The Hall–Kier alpha value is -3.35. The minimum absolute atomic E-state index is 0.113. The first-order chi connectivity index (χ1) is 12.5. The first-order valence-corrected chi connectivity index (χ1v) is 7.89. The summed E-state index contributed by atoms with van der Waals surface area (Å²) in [6.07, 6.45) is 1.71. The van der Waals surface area contributed by atoms with Crippen molar-refractivity contribution in [2.75, 3.05) is 14.2 Å². The van der Waals surface area contributed by atoms with E-state index in [1.807, 2.05) is 13.0 Å². The summed E-state index contributed by atoms with van der Waals surface area (Å²) in [7, 11) is 3.00. The fraction of sp³-hybridized carbons (Fsp3) is 0.211. The van der Waals surface area contributed by atoms with Crippen molar-refractivity contribution in [1.29, 1.82) is 0 Å². The maximum Gasteiger partial charge on any atom is 0.338 e. The number of benzene rings is 1. The Balaban J connectivity index is 1.80. The molecule has 3 rings (SSSR count). The van der Waals surface area contributed by atoms with Gasteiger partial charge in [-0.15, -0.1) is 0 Å². The van der Waals surface area contributed by atoms with Crippen LogP contribution < -0.4 is 15.0 Å². The van der Waals surface area contributed by atoms with Crippen molar-refractivity contribution in [2.45, 2.75) is 13.5 Å². The second-order valence-electron chi connectivity index (χ2n) is 5.70. The lowest BCUT2D eigenvalue weighted by Crippen LogP contribution is -2.17. The minimum Gasteiger partial charge on any atom is -0.497 e. The zero-order chi connectivity index (χ0) is 18.7. The van der Waals surface area contributed by atoms with Crippen LogP contribution in [0.4, 0.5) is 0 Å². The first kappa shape index (κ1) is 17.5. The van der Waals surface area contributed by atoms with Gasteiger partial charge in [-0.1, -0.05) is 6.07 Å². The van der Waals surface area contributed by atoms with E-state index in [1.54, 1.807) is 30.5 Å². The van der Waals surface area contributed by atoms with Gasteiger partial charge in [-0.2, -0.15) is 0 Å². The van der Waals surface area contributed by atoms with Crippen LogP contribution in [0.1, 0.15) is 21.6 Å². The molecular formula is C19H18N2O5. The van der Waals surface area contributed by atoms with E-state index in [9.17, 15) is 9.59 Å². The van der Waals surface area contributed by atoms with Crippen LogP contribution >= 0.6 is 0 Å². The Kier molecular flexibility index (Phi) is 4.88. The number of carbonyl (C=O) groups excluding carboxylic acids is 1. The monoisotopic (exact) mass is 354 g/mol. The molecule has 0 aliphatic heterocycles. The van der Waals surface area contributed by atoms with E-state index in [-0.39, 0.29) is 17.7 Å². The van der Waals surface area contributed by atoms with Gasteiger partial charge in [0, 0.05) is 18.3 Å². The summed E-state index contributed by atoms with van der Waals surface area (Å²) in [5.74, 6) is 0.399. The Morgan fingerprint density at radius 3 is 2.42 bits per heavy atom. The lowest BCUT2D eigenvalue weighted by atomic mass is 10.2. The number of esters is 1. The summed E-state index contributed by atoms with van der Waals surface area (Å²) in [6.45, 7) is 1.78. The van der Waals surface area contributed by atoms with Crippen LogP contribution in [0.15, 0.2) is 47.4 Å². The van der Waals surface area contributed by atoms with Crippen molar-refractivity contribution in [3.8, 4) is 11.5 Å². The van der Waals surface area contributed by atoms with Crippen molar-refractivity contribution in [2.24, 2.45) is 0 Å². The van der Waals surface area contributed by atoms with E-state index in [0.29, 0.717) is 22.8 Å². The molecule has 0 atom stereocenters. The second kappa shape index (κ2) is 7.26. The maximum absolute atomic E-state index is 12.3. The molecule has 2 heterocycles. The molecule has 1 aromatic carbocycles. The number of rotatable bonds is 5. The summed E-state index contributed by atoms with van der Waals surface area (Å²) in [6, 6.07) is 9.72. The zero-order valence-corrected chi connectivity index (χ0v) is 14.7. The highest BCUT2D eigenvalue weighted by Crippen LogP contribution is 2.23. The molecule has 26 heavy (non-hydrogen) atoms. The average molecular weight is 354 g/mol. The maximum atomic E-state index is 12.3. The van der Waals surface area contributed by atoms with Gasteiger partial charge in [-0.05, 0) is 30.7 Å². The van der Waals surface area contributed by atoms with Crippen LogP contribution in [-0.4, -0.2) is 29.6 Å². The van der Waals surface area contributed by atoms with E-state index in [0.717, 1.165) is 5.56 Å². The van der Waals surface area contributed by atoms with Gasteiger partial charge in [-0.3, -0.25) is 9.20 Å². The smallest absolute Gasteiger partial charge is 0.338 e. The molecule has 7 nitrogen and oxygen atoms in total. The number of ether oxygens (including phenoxy) is 3. The third-order valence-corrected chi connectivity index (χ3v) is 3.80. The molecule has 2 aromatic heterocycles. The van der Waals surface area contributed by atoms with Crippen LogP contribution in [-0.2, 0) is 11.3 Å². The molecule has 0 aliphatic rings. The van der Waals surface area contributed by atoms with E-state index in [2.05, 4.69) is 4.98 Å². The summed E-state index contributed by atoms with van der Waals surface area (Å²) >= 11 is 0. The number of carbonyl (C=O) groups is 1. The Morgan fingerprint density at radius 2 is 1.77 bits per heavy atom. The Bertz CT molecular complexity index is 1000. The van der Waals surface area contributed by atoms with Crippen molar-refractivity contribution in [3.63, 3.8) is 0 Å². The van der Waals surface area contributed by atoms with Gasteiger partial charge in [0.15, 0.2) is 0 Å². The molecule has 0 unspecified atom stereocenters. The van der Waals surface area contributed by atoms with Crippen molar-refractivity contribution >= 4 is 11.6 Å². The first-order valence-electron chi connectivity index (χ1n) is 7.89. The van der Waals surface area contributed by atoms with Crippen LogP contribution in [0, 0.1) is 6.92 Å². The second-order valence-corrected chi connectivity index (χ2v) is 5.70. The predicted octanol–water partition coefficient (Wildman–Crippen LogP) is 2.38. The standard InChI is InChI=1S/C19H18N2O5/c1-12-4-5-17-20-14(8-18(22)21(17)10-12)11-26-19(23)13-6-15(24-2)9-16(7-13)25-3/h4-10H,11H2,1-3H3. The fourth-order valence-electron chi connectivity index (χ4n) is 2.48. The lowest BCUT2D eigenvalue weighted by Gasteiger charge is -2.09. The molecule has 0 amide bonds. The average Bonchev–Trinajstić information content (AvgIpc) is 2.66. The summed E-state index contributed by atoms with van der Waals surface area (Å²) < 4.78 is 17.0. The highest BCUT2D eigenvalue weighted by Gasteiger charge is 2.12. The van der Waals surface area contributed by atoms with Gasteiger partial charge in [0.2, 0.25) is 0 Å². The highest BCUT2D eigenvalue weighted by atomic mass is 16.5. The van der Waals surface area contributed by atoms with Crippen molar-refractivity contribution < 1.29 is 19.0 Å². The molecule has 0 aliphatic carbocycles. The van der Waals surface area contributed by atoms with Gasteiger partial charge < -0.3 is 14.2 Å². The van der Waals surface area contributed by atoms with Crippen LogP contribution in [0.3, 0.4) is 0 Å². The summed E-state index contributed by atoms with van der Waals surface area (Å²) in [5.41, 5.74) is 1.88. The molecule has 0 N–H and O–H groups in total. The third-order valence-electron chi connectivity index (χ3n) is 3.80. The quantitative estimate of drug-likeness (QED) is 0.655. The van der Waals surface area contributed by atoms with Crippen molar-refractivity contribution in [1.82, 2.24) is 9.38 Å². The van der Waals surface area contributed by atoms with E-state index >= 15 is 0 Å². The normalized spacial score (nSPS) is 10.6. The molecule has 134 valence electrons. The van der Waals surface area contributed by atoms with Gasteiger partial charge in [-0.25, -0.2) is 9.78 Å². The SMILES string of the molecule is COc1cc(OC)cc(C(=O)OCc2cc(=O)n3cc(C)ccc3n2)c1. The largest absolute Gasteiger partial charge is 0.497 e. The zero-order valence-electron chi connectivity index (χ0n) is 14.7. The summed E-state index contributed by atoms with van der Waals surface area (Å²) in [5, 5.41) is 0. The molecule has 0 saturated heterocycles. The molecule has 0 bridgehead atoms. The molecular weight excluding hydrogens is 336 g/mol. The Labute approximate surface area is 149 Å². The lowest BCUT2D eigenvalue weighted by molar-refractivity contribution is 0.0467. The highest BCUT2D eigenvalue weighted by molar-refractivity contribution is 5.90. The predicted molar refractivity (Wildman–Crippen MR) is 94.9 cm³/mol. The van der Waals surface area contributed by atoms with Gasteiger partial charge >= 0.3 is 5.97 Å². The van der Waals surface area contributed by atoms with Gasteiger partial charge in [0.25, 0.3) is 5.56 Å². The number of nitrogens with zero attached hydrogens (tertiary/aromatic N) is 2. The molecule has 0 saturated carbocycles. The molecule has 0 spiro atoms. The van der Waals surface area contributed by atoms with Crippen molar-refractivity contribution in [3.05, 3.63) is 69.8 Å². The number of pyridine rings is 1. The molecule has 0 fully saturated rings. The number of aryl methyl sites for hydroxylation is 1. The number of methoxy groups -OCH3 is 2. The number of fused-ring (bicyclic) bond motifs is 1. The van der Waals surface area contributed by atoms with Crippen LogP contribution in [0.2, 0.25) is 0 Å². The minimum atomic E-state index is -0.562. The molecule has 0 radical (unpaired) electrons. The van der Waals surface area contributed by atoms with Gasteiger partial charge in [0.1, 0.15) is 23.8 Å². The van der Waals surface area contributed by atoms with E-state index < -0.39 is 5.97 Å². The summed E-state index contributed by atoms with van der Waals surface area (Å²) in [4.78, 5) is 28.8. The third kappa shape index (κ3) is 3.66. The number of aromatic nitrogens is 2. The molecule has 7 heteroatoms. The number of hydrogen-bond donors (Lipinski definition) is 0. The van der Waals surface area contributed by atoms with E-state index in [1.165, 1.54) is 24.7 Å². The van der Waals surface area contributed by atoms with E-state index in [4.69, 9.17) is 14.2 Å². The van der Waals surface area contributed by atoms with Crippen LogP contribution in [0.5, 0.6) is 11.5 Å². The topological polar surface area (TPSA) is 79.1 Å².